The highest BCUT2D eigenvalue weighted by Gasteiger charge is 2.33. The summed E-state index contributed by atoms with van der Waals surface area (Å²) < 4.78 is 0. The van der Waals surface area contributed by atoms with E-state index in [-0.39, 0.29) is 17.9 Å². The predicted molar refractivity (Wildman–Crippen MR) is 68.9 cm³/mol. The zero-order valence-corrected chi connectivity index (χ0v) is 11.1. The minimum absolute atomic E-state index is 0.0103. The van der Waals surface area contributed by atoms with E-state index in [1.807, 2.05) is 23.6 Å². The molecule has 2 amide bonds. The molecule has 0 aliphatic carbocycles. The summed E-state index contributed by atoms with van der Waals surface area (Å²) in [6.45, 7) is 2.54. The first-order valence-electron chi connectivity index (χ1n) is 6.40. The second kappa shape index (κ2) is 5.76. The monoisotopic (exact) mass is 256 g/mol. The summed E-state index contributed by atoms with van der Waals surface area (Å²) in [5, 5.41) is 2.81. The first-order valence-corrected chi connectivity index (χ1v) is 7.55. The molecule has 96 valence electrons. The van der Waals surface area contributed by atoms with Crippen molar-refractivity contribution < 1.29 is 9.59 Å². The third kappa shape index (κ3) is 2.94. The van der Waals surface area contributed by atoms with Crippen molar-refractivity contribution in [3.05, 3.63) is 0 Å². The predicted octanol–water partition coefficient (Wildman–Crippen LogP) is 1.01. The zero-order chi connectivity index (χ0) is 12.3. The molecular weight excluding hydrogens is 236 g/mol. The van der Waals surface area contributed by atoms with E-state index in [9.17, 15) is 9.59 Å². The lowest BCUT2D eigenvalue weighted by atomic mass is 10.1. The van der Waals surface area contributed by atoms with Crippen molar-refractivity contribution in [2.75, 3.05) is 18.1 Å². The van der Waals surface area contributed by atoms with Crippen LogP contribution in [0.5, 0.6) is 0 Å². The zero-order valence-electron chi connectivity index (χ0n) is 10.3. The summed E-state index contributed by atoms with van der Waals surface area (Å²) in [4.78, 5) is 25.8. The standard InChI is InChI=1S/C12H20N2O2S/c1-2-10-12(16)14(6-5-11(15)13-10)9-4-3-7-17-8-9/h9-10H,2-8H2,1H3,(H,13,15). The van der Waals surface area contributed by atoms with Gasteiger partial charge in [-0.3, -0.25) is 9.59 Å². The number of rotatable bonds is 2. The molecule has 2 heterocycles. The Bertz CT molecular complexity index is 303. The number of nitrogens with zero attached hydrogens (tertiary/aromatic N) is 1. The third-order valence-electron chi connectivity index (χ3n) is 3.48. The summed E-state index contributed by atoms with van der Waals surface area (Å²) in [7, 11) is 0. The Labute approximate surface area is 106 Å². The van der Waals surface area contributed by atoms with Crippen molar-refractivity contribution in [3.63, 3.8) is 0 Å². The maximum Gasteiger partial charge on any atom is 0.245 e. The summed E-state index contributed by atoms with van der Waals surface area (Å²) >= 11 is 1.92. The lowest BCUT2D eigenvalue weighted by molar-refractivity contribution is -0.135. The molecule has 17 heavy (non-hydrogen) atoms. The molecule has 0 radical (unpaired) electrons. The van der Waals surface area contributed by atoms with Crippen LogP contribution in [0, 0.1) is 0 Å². The molecule has 0 aromatic heterocycles. The summed E-state index contributed by atoms with van der Waals surface area (Å²) in [5.74, 6) is 2.35. The molecule has 0 bridgehead atoms. The van der Waals surface area contributed by atoms with Gasteiger partial charge in [-0.1, -0.05) is 6.92 Å². The fourth-order valence-corrected chi connectivity index (χ4v) is 3.63. The molecule has 2 saturated heterocycles. The van der Waals surface area contributed by atoms with E-state index in [0.717, 1.165) is 12.2 Å². The van der Waals surface area contributed by atoms with Crippen LogP contribution in [0.1, 0.15) is 32.6 Å². The average Bonchev–Trinajstić information content (AvgIpc) is 2.50. The van der Waals surface area contributed by atoms with E-state index >= 15 is 0 Å². The first kappa shape index (κ1) is 12.7. The fourth-order valence-electron chi connectivity index (χ4n) is 2.47. The minimum Gasteiger partial charge on any atom is -0.344 e. The highest BCUT2D eigenvalue weighted by Crippen LogP contribution is 2.23. The van der Waals surface area contributed by atoms with Crippen molar-refractivity contribution in [2.24, 2.45) is 0 Å². The van der Waals surface area contributed by atoms with Crippen molar-refractivity contribution in [1.82, 2.24) is 10.2 Å². The smallest absolute Gasteiger partial charge is 0.245 e. The highest BCUT2D eigenvalue weighted by atomic mass is 32.2. The van der Waals surface area contributed by atoms with Gasteiger partial charge >= 0.3 is 0 Å². The van der Waals surface area contributed by atoms with E-state index in [4.69, 9.17) is 0 Å². The van der Waals surface area contributed by atoms with Gasteiger partial charge in [0.15, 0.2) is 0 Å². The Kier molecular flexibility index (Phi) is 4.31. The Morgan fingerprint density at radius 1 is 1.47 bits per heavy atom. The van der Waals surface area contributed by atoms with Gasteiger partial charge in [0.25, 0.3) is 0 Å². The van der Waals surface area contributed by atoms with Gasteiger partial charge in [0, 0.05) is 24.8 Å². The number of hydrogen-bond acceptors (Lipinski definition) is 3. The lowest BCUT2D eigenvalue weighted by Gasteiger charge is -2.34. The number of amides is 2. The van der Waals surface area contributed by atoms with Gasteiger partial charge < -0.3 is 10.2 Å². The molecule has 2 unspecified atom stereocenters. The quantitative estimate of drug-likeness (QED) is 0.802. The molecule has 4 nitrogen and oxygen atoms in total. The molecular formula is C12H20N2O2S. The van der Waals surface area contributed by atoms with Crippen LogP contribution in [0.2, 0.25) is 0 Å². The van der Waals surface area contributed by atoms with Crippen LogP contribution < -0.4 is 5.32 Å². The van der Waals surface area contributed by atoms with Crippen molar-refractivity contribution in [3.8, 4) is 0 Å². The second-order valence-electron chi connectivity index (χ2n) is 4.68. The Balaban J connectivity index is 2.08. The largest absolute Gasteiger partial charge is 0.344 e. The molecule has 0 spiro atoms. The highest BCUT2D eigenvalue weighted by molar-refractivity contribution is 7.99. The van der Waals surface area contributed by atoms with Crippen LogP contribution in [0.3, 0.4) is 0 Å². The van der Waals surface area contributed by atoms with E-state index in [0.29, 0.717) is 25.4 Å². The normalized spacial score (nSPS) is 31.0. The van der Waals surface area contributed by atoms with Gasteiger partial charge in [-0.05, 0) is 25.0 Å². The Morgan fingerprint density at radius 2 is 2.29 bits per heavy atom. The van der Waals surface area contributed by atoms with Crippen molar-refractivity contribution in [2.45, 2.75) is 44.7 Å². The third-order valence-corrected chi connectivity index (χ3v) is 4.68. The van der Waals surface area contributed by atoms with Crippen LogP contribution in [0.15, 0.2) is 0 Å². The SMILES string of the molecule is CCC1NC(=O)CCN(C2CCCSC2)C1=O. The number of carbonyl (C=O) groups excluding carboxylic acids is 2. The van der Waals surface area contributed by atoms with Crippen LogP contribution >= 0.6 is 11.8 Å². The van der Waals surface area contributed by atoms with Gasteiger partial charge in [0.05, 0.1) is 0 Å². The molecule has 1 N–H and O–H groups in total. The lowest BCUT2D eigenvalue weighted by Crippen LogP contribution is -2.49. The van der Waals surface area contributed by atoms with Crippen LogP contribution in [0.4, 0.5) is 0 Å². The van der Waals surface area contributed by atoms with E-state index in [2.05, 4.69) is 5.32 Å². The van der Waals surface area contributed by atoms with Gasteiger partial charge in [-0.25, -0.2) is 0 Å². The van der Waals surface area contributed by atoms with E-state index < -0.39 is 0 Å². The summed E-state index contributed by atoms with van der Waals surface area (Å²) in [6.07, 6.45) is 3.39. The number of thioether (sulfide) groups is 1. The van der Waals surface area contributed by atoms with Gasteiger partial charge in [0.1, 0.15) is 6.04 Å². The summed E-state index contributed by atoms with van der Waals surface area (Å²) in [5.41, 5.74) is 0. The average molecular weight is 256 g/mol. The minimum atomic E-state index is -0.308. The fraction of sp³-hybridized carbons (Fsp3) is 0.833. The molecule has 0 aromatic rings. The van der Waals surface area contributed by atoms with Crippen LogP contribution in [-0.4, -0.2) is 46.8 Å². The number of hydrogen-bond donors (Lipinski definition) is 1. The van der Waals surface area contributed by atoms with Gasteiger partial charge in [-0.15, -0.1) is 0 Å². The Hall–Kier alpha value is -0.710. The molecule has 2 aliphatic rings. The van der Waals surface area contributed by atoms with Crippen molar-refractivity contribution >= 4 is 23.6 Å². The molecule has 2 aliphatic heterocycles. The topological polar surface area (TPSA) is 49.4 Å². The number of carbonyl (C=O) groups is 2. The molecule has 2 fully saturated rings. The molecule has 5 heteroatoms. The van der Waals surface area contributed by atoms with Gasteiger partial charge in [-0.2, -0.15) is 11.8 Å². The Morgan fingerprint density at radius 3 is 2.94 bits per heavy atom. The molecule has 2 atom stereocenters. The maximum absolute atomic E-state index is 12.3. The van der Waals surface area contributed by atoms with E-state index in [1.165, 1.54) is 12.2 Å². The number of nitrogens with one attached hydrogen (secondary N) is 1. The summed E-state index contributed by atoms with van der Waals surface area (Å²) in [6, 6.07) is 0.0277. The molecule has 0 saturated carbocycles. The molecule has 0 aromatic carbocycles. The van der Waals surface area contributed by atoms with Crippen molar-refractivity contribution in [1.29, 1.82) is 0 Å². The second-order valence-corrected chi connectivity index (χ2v) is 5.83. The van der Waals surface area contributed by atoms with Gasteiger partial charge in [0.2, 0.25) is 11.8 Å². The van der Waals surface area contributed by atoms with Crippen LogP contribution in [0.25, 0.3) is 0 Å². The van der Waals surface area contributed by atoms with Crippen LogP contribution in [-0.2, 0) is 9.59 Å². The van der Waals surface area contributed by atoms with E-state index in [1.54, 1.807) is 0 Å². The maximum atomic E-state index is 12.3. The first-order chi connectivity index (χ1) is 8.22. The molecule has 2 rings (SSSR count).